The number of anilines is 3. The zero-order chi connectivity index (χ0) is 20.8. The molecule has 6 heteroatoms. The van der Waals surface area contributed by atoms with Crippen molar-refractivity contribution in [3.05, 3.63) is 72.4 Å². The average Bonchev–Trinajstić information content (AvgIpc) is 2.78. The van der Waals surface area contributed by atoms with Gasteiger partial charge in [0.05, 0.1) is 5.69 Å². The molecule has 2 heterocycles. The Labute approximate surface area is 177 Å². The molecule has 1 aliphatic heterocycles. The van der Waals surface area contributed by atoms with E-state index in [0.717, 1.165) is 60.1 Å². The summed E-state index contributed by atoms with van der Waals surface area (Å²) in [4.78, 5) is 4.24. The number of nitrogens with zero attached hydrogens (tertiary/aromatic N) is 1. The Kier molecular flexibility index (Phi) is 6.25. The van der Waals surface area contributed by atoms with Gasteiger partial charge in [0.15, 0.2) is 0 Å². The summed E-state index contributed by atoms with van der Waals surface area (Å²) >= 11 is 0. The summed E-state index contributed by atoms with van der Waals surface area (Å²) in [6.07, 6.45) is 4.46. The third kappa shape index (κ3) is 4.96. The number of benzene rings is 2. The summed E-state index contributed by atoms with van der Waals surface area (Å²) in [7, 11) is 0. The van der Waals surface area contributed by atoms with Crippen LogP contribution in [0.2, 0.25) is 0 Å². The van der Waals surface area contributed by atoms with E-state index < -0.39 is 0 Å². The van der Waals surface area contributed by atoms with Crippen LogP contribution in [0.15, 0.2) is 66.9 Å². The Hall–Kier alpha value is -3.38. The molecule has 1 aliphatic rings. The number of para-hydroxylation sites is 1. The molecule has 1 aromatic heterocycles. The summed E-state index contributed by atoms with van der Waals surface area (Å²) in [5, 5.41) is 15.3. The van der Waals surface area contributed by atoms with E-state index in [0.29, 0.717) is 12.2 Å². The molecule has 0 unspecified atom stereocenters. The third-order valence-corrected chi connectivity index (χ3v) is 5.34. The fourth-order valence-corrected chi connectivity index (χ4v) is 3.69. The van der Waals surface area contributed by atoms with Crippen LogP contribution in [-0.2, 0) is 6.42 Å². The van der Waals surface area contributed by atoms with E-state index in [2.05, 4.69) is 15.6 Å². The van der Waals surface area contributed by atoms with Crippen molar-refractivity contribution in [3.63, 3.8) is 0 Å². The van der Waals surface area contributed by atoms with Crippen LogP contribution in [0.5, 0.6) is 11.5 Å². The molecule has 0 spiro atoms. The van der Waals surface area contributed by atoms with E-state index in [1.807, 2.05) is 60.7 Å². The Balaban J connectivity index is 1.46. The number of rotatable bonds is 7. The molecule has 5 N–H and O–H groups in total. The molecule has 30 heavy (non-hydrogen) atoms. The number of hydrogen-bond acceptors (Lipinski definition) is 6. The number of piperidine rings is 1. The maximum Gasteiger partial charge on any atom is 0.147 e. The number of pyridine rings is 1. The van der Waals surface area contributed by atoms with Gasteiger partial charge in [0.2, 0.25) is 0 Å². The van der Waals surface area contributed by atoms with Gasteiger partial charge in [-0.05, 0) is 67.4 Å². The topological polar surface area (TPSA) is 96.1 Å². The highest BCUT2D eigenvalue weighted by molar-refractivity contribution is 5.89. The second kappa shape index (κ2) is 9.41. The Morgan fingerprint density at radius 3 is 2.60 bits per heavy atom. The number of nitrogens with one attached hydrogen (secondary N) is 3. The van der Waals surface area contributed by atoms with E-state index >= 15 is 0 Å². The molecular weight excluding hydrogens is 374 g/mol. The van der Waals surface area contributed by atoms with Crippen molar-refractivity contribution in [3.8, 4) is 11.5 Å². The van der Waals surface area contributed by atoms with Gasteiger partial charge in [-0.25, -0.2) is 4.98 Å². The molecule has 1 saturated heterocycles. The first-order chi connectivity index (χ1) is 14.7. The fraction of sp³-hybridized carbons (Fsp3) is 0.250. The van der Waals surface area contributed by atoms with Gasteiger partial charge < -0.3 is 26.5 Å². The standard InChI is InChI=1S/C24H27N5O/c25-22(18-5-4-13-27-16-18)15-17-12-14-28-24(26)23(17)29-19-8-10-21(11-9-19)30-20-6-2-1-3-7-20/h1-3,6-12,14,18,25,27,29H,4-5,13,15-16H2,(H2,26,28)/t18-/m1/s1. The minimum atomic E-state index is 0.287. The smallest absolute Gasteiger partial charge is 0.147 e. The molecule has 4 rings (SSSR count). The highest BCUT2D eigenvalue weighted by Gasteiger charge is 2.19. The van der Waals surface area contributed by atoms with E-state index in [4.69, 9.17) is 15.9 Å². The van der Waals surface area contributed by atoms with Crippen LogP contribution in [-0.4, -0.2) is 23.8 Å². The van der Waals surface area contributed by atoms with E-state index in [-0.39, 0.29) is 5.92 Å². The Morgan fingerprint density at radius 1 is 1.10 bits per heavy atom. The van der Waals surface area contributed by atoms with Crippen LogP contribution >= 0.6 is 0 Å². The number of nitrogens with two attached hydrogens (primary N) is 1. The zero-order valence-electron chi connectivity index (χ0n) is 16.9. The second-order valence-corrected chi connectivity index (χ2v) is 7.54. The van der Waals surface area contributed by atoms with Gasteiger partial charge in [0.25, 0.3) is 0 Å². The van der Waals surface area contributed by atoms with Gasteiger partial charge in [0, 0.05) is 36.5 Å². The molecular formula is C24H27N5O. The first-order valence-electron chi connectivity index (χ1n) is 10.3. The molecule has 0 radical (unpaired) electrons. The summed E-state index contributed by atoms with van der Waals surface area (Å²) in [6.45, 7) is 1.92. The average molecular weight is 402 g/mol. The Morgan fingerprint density at radius 2 is 1.87 bits per heavy atom. The molecule has 1 atom stereocenters. The zero-order valence-corrected chi connectivity index (χ0v) is 16.9. The molecule has 0 amide bonds. The van der Waals surface area contributed by atoms with Crippen LogP contribution < -0.4 is 21.1 Å². The molecule has 2 aromatic carbocycles. The van der Waals surface area contributed by atoms with Crippen LogP contribution in [0.1, 0.15) is 18.4 Å². The predicted octanol–water partition coefficient (Wildman–Crippen LogP) is 4.76. The van der Waals surface area contributed by atoms with Gasteiger partial charge in [-0.1, -0.05) is 18.2 Å². The maximum atomic E-state index is 8.56. The maximum absolute atomic E-state index is 8.56. The van der Waals surface area contributed by atoms with Crippen LogP contribution in [0.4, 0.5) is 17.2 Å². The lowest BCUT2D eigenvalue weighted by Gasteiger charge is -2.24. The van der Waals surface area contributed by atoms with Crippen molar-refractivity contribution in [1.82, 2.24) is 10.3 Å². The molecule has 3 aromatic rings. The van der Waals surface area contributed by atoms with Gasteiger partial charge in [-0.2, -0.15) is 0 Å². The number of nitrogen functional groups attached to an aromatic ring is 1. The summed E-state index contributed by atoms with van der Waals surface area (Å²) in [5.74, 6) is 2.28. The van der Waals surface area contributed by atoms with Crippen LogP contribution in [0.3, 0.4) is 0 Å². The second-order valence-electron chi connectivity index (χ2n) is 7.54. The van der Waals surface area contributed by atoms with Crippen molar-refractivity contribution in [2.45, 2.75) is 19.3 Å². The summed E-state index contributed by atoms with van der Waals surface area (Å²) in [6, 6.07) is 19.4. The van der Waals surface area contributed by atoms with Crippen molar-refractivity contribution in [2.24, 2.45) is 5.92 Å². The predicted molar refractivity (Wildman–Crippen MR) is 122 cm³/mol. The van der Waals surface area contributed by atoms with Crippen molar-refractivity contribution in [1.29, 1.82) is 5.41 Å². The van der Waals surface area contributed by atoms with Gasteiger partial charge >= 0.3 is 0 Å². The monoisotopic (exact) mass is 401 g/mol. The van der Waals surface area contributed by atoms with Crippen LogP contribution in [0.25, 0.3) is 0 Å². The number of ether oxygens (including phenoxy) is 1. The lowest BCUT2D eigenvalue weighted by atomic mass is 9.90. The molecule has 1 fully saturated rings. The van der Waals surface area contributed by atoms with Crippen molar-refractivity contribution >= 4 is 22.9 Å². The van der Waals surface area contributed by atoms with Gasteiger partial charge in [0.1, 0.15) is 17.3 Å². The Bertz CT molecular complexity index is 982. The summed E-state index contributed by atoms with van der Waals surface area (Å²) in [5.41, 5.74) is 9.56. The minimum absolute atomic E-state index is 0.287. The normalized spacial score (nSPS) is 16.1. The number of aromatic nitrogens is 1. The quantitative estimate of drug-likeness (QED) is 0.428. The molecule has 0 aliphatic carbocycles. The summed E-state index contributed by atoms with van der Waals surface area (Å²) < 4.78 is 5.85. The fourth-order valence-electron chi connectivity index (χ4n) is 3.69. The molecule has 0 saturated carbocycles. The first-order valence-corrected chi connectivity index (χ1v) is 10.3. The third-order valence-electron chi connectivity index (χ3n) is 5.34. The highest BCUT2D eigenvalue weighted by atomic mass is 16.5. The molecule has 6 nitrogen and oxygen atoms in total. The van der Waals surface area contributed by atoms with Gasteiger partial charge in [-0.3, -0.25) is 0 Å². The van der Waals surface area contributed by atoms with E-state index in [9.17, 15) is 0 Å². The minimum Gasteiger partial charge on any atom is -0.457 e. The van der Waals surface area contributed by atoms with E-state index in [1.54, 1.807) is 6.20 Å². The largest absolute Gasteiger partial charge is 0.457 e. The SMILES string of the molecule is N=C(Cc1ccnc(N)c1Nc1ccc(Oc2ccccc2)cc1)[C@@H]1CCCNC1. The van der Waals surface area contributed by atoms with Crippen LogP contribution in [0, 0.1) is 11.3 Å². The van der Waals surface area contributed by atoms with E-state index in [1.165, 1.54) is 0 Å². The van der Waals surface area contributed by atoms with Gasteiger partial charge in [-0.15, -0.1) is 0 Å². The lowest BCUT2D eigenvalue weighted by molar-refractivity contribution is 0.454. The highest BCUT2D eigenvalue weighted by Crippen LogP contribution is 2.29. The van der Waals surface area contributed by atoms with Crippen molar-refractivity contribution < 1.29 is 4.74 Å². The lowest BCUT2D eigenvalue weighted by Crippen LogP contribution is -2.34. The van der Waals surface area contributed by atoms with Crippen molar-refractivity contribution in [2.75, 3.05) is 24.1 Å². The molecule has 154 valence electrons. The molecule has 0 bridgehead atoms. The first kappa shape index (κ1) is 19.9. The number of hydrogen-bond donors (Lipinski definition) is 4.